The van der Waals surface area contributed by atoms with Gasteiger partial charge in [0.25, 0.3) is 0 Å². The van der Waals surface area contributed by atoms with E-state index in [0.29, 0.717) is 11.0 Å². The molecule has 0 bridgehead atoms. The maximum atomic E-state index is 12.1. The van der Waals surface area contributed by atoms with E-state index in [2.05, 4.69) is 10.3 Å². The highest BCUT2D eigenvalue weighted by atomic mass is 35.5. The molecule has 1 fully saturated rings. The van der Waals surface area contributed by atoms with Crippen LogP contribution in [-0.4, -0.2) is 36.0 Å². The van der Waals surface area contributed by atoms with E-state index >= 15 is 0 Å². The average molecular weight is 353 g/mol. The van der Waals surface area contributed by atoms with Crippen LogP contribution in [0.3, 0.4) is 0 Å². The van der Waals surface area contributed by atoms with Crippen LogP contribution in [0, 0.1) is 0 Å². The molecule has 1 aromatic heterocycles. The molecular formula is C14H21BClF3N2O2. The number of halogens is 4. The maximum Gasteiger partial charge on any atom is 0.496 e. The Balaban J connectivity index is 0.00000264. The summed E-state index contributed by atoms with van der Waals surface area (Å²) >= 11 is 0. The summed E-state index contributed by atoms with van der Waals surface area (Å²) < 4.78 is 48.2. The van der Waals surface area contributed by atoms with Crippen molar-refractivity contribution in [2.45, 2.75) is 51.6 Å². The molecule has 2 rings (SSSR count). The SMILES string of the molecule is CC1(C)OB(c2cncc(CNCC(F)(F)F)c2)OC1(C)C.Cl. The van der Waals surface area contributed by atoms with Crippen LogP contribution < -0.4 is 10.8 Å². The lowest BCUT2D eigenvalue weighted by atomic mass is 9.80. The topological polar surface area (TPSA) is 43.4 Å². The highest BCUT2D eigenvalue weighted by Gasteiger charge is 2.51. The van der Waals surface area contributed by atoms with Gasteiger partial charge in [-0.2, -0.15) is 13.2 Å². The van der Waals surface area contributed by atoms with Crippen LogP contribution in [0.5, 0.6) is 0 Å². The van der Waals surface area contributed by atoms with Crippen LogP contribution >= 0.6 is 12.4 Å². The zero-order valence-corrected chi connectivity index (χ0v) is 14.3. The second-order valence-electron chi connectivity index (χ2n) is 6.43. The minimum Gasteiger partial charge on any atom is -0.399 e. The van der Waals surface area contributed by atoms with Crippen LogP contribution in [0.4, 0.5) is 13.2 Å². The van der Waals surface area contributed by atoms with Gasteiger partial charge in [-0.25, -0.2) is 0 Å². The Kier molecular flexibility index (Phi) is 6.12. The number of alkyl halides is 3. The molecule has 0 radical (unpaired) electrons. The second-order valence-corrected chi connectivity index (χ2v) is 6.43. The van der Waals surface area contributed by atoms with Crippen molar-refractivity contribution < 1.29 is 22.5 Å². The Bertz CT molecular complexity index is 525. The molecule has 0 unspecified atom stereocenters. The normalized spacial score (nSPS) is 19.5. The maximum absolute atomic E-state index is 12.1. The van der Waals surface area contributed by atoms with Crippen molar-refractivity contribution in [1.29, 1.82) is 0 Å². The van der Waals surface area contributed by atoms with Gasteiger partial charge in [0.1, 0.15) is 0 Å². The molecule has 1 saturated heterocycles. The highest BCUT2D eigenvalue weighted by molar-refractivity contribution is 6.62. The van der Waals surface area contributed by atoms with E-state index in [1.54, 1.807) is 12.3 Å². The van der Waals surface area contributed by atoms with Crippen molar-refractivity contribution >= 4 is 25.0 Å². The van der Waals surface area contributed by atoms with Gasteiger partial charge < -0.3 is 14.6 Å². The van der Waals surface area contributed by atoms with Crippen LogP contribution in [0.25, 0.3) is 0 Å². The zero-order chi connectivity index (χ0) is 16.6. The lowest BCUT2D eigenvalue weighted by Gasteiger charge is -2.32. The van der Waals surface area contributed by atoms with Crippen molar-refractivity contribution in [1.82, 2.24) is 10.3 Å². The van der Waals surface area contributed by atoms with E-state index in [9.17, 15) is 13.2 Å². The Morgan fingerprint density at radius 2 is 1.70 bits per heavy atom. The van der Waals surface area contributed by atoms with Gasteiger partial charge >= 0.3 is 13.3 Å². The molecule has 2 heterocycles. The smallest absolute Gasteiger partial charge is 0.399 e. The minimum atomic E-state index is -4.23. The second kappa shape index (κ2) is 6.97. The van der Waals surface area contributed by atoms with Gasteiger partial charge in [-0.3, -0.25) is 4.98 Å². The highest BCUT2D eigenvalue weighted by Crippen LogP contribution is 2.36. The third kappa shape index (κ3) is 5.07. The summed E-state index contributed by atoms with van der Waals surface area (Å²) in [6.07, 6.45) is -1.09. The van der Waals surface area contributed by atoms with E-state index in [1.807, 2.05) is 27.7 Å². The Morgan fingerprint density at radius 1 is 1.13 bits per heavy atom. The Labute approximate surface area is 140 Å². The van der Waals surface area contributed by atoms with Crippen LogP contribution in [0.15, 0.2) is 18.5 Å². The first kappa shape index (κ1) is 20.2. The van der Waals surface area contributed by atoms with Crippen molar-refractivity contribution in [2.24, 2.45) is 0 Å². The van der Waals surface area contributed by atoms with Crippen molar-refractivity contribution in [3.63, 3.8) is 0 Å². The summed E-state index contributed by atoms with van der Waals surface area (Å²) in [6.45, 7) is 6.81. The Morgan fingerprint density at radius 3 is 2.22 bits per heavy atom. The van der Waals surface area contributed by atoms with Gasteiger partial charge in [0.2, 0.25) is 0 Å². The molecule has 4 nitrogen and oxygen atoms in total. The third-order valence-corrected chi connectivity index (χ3v) is 4.00. The summed E-state index contributed by atoms with van der Waals surface area (Å²) in [5.41, 5.74) is 0.408. The molecular weight excluding hydrogens is 331 g/mol. The predicted molar refractivity (Wildman–Crippen MR) is 85.0 cm³/mol. The van der Waals surface area contributed by atoms with Crippen LogP contribution in [0.1, 0.15) is 33.3 Å². The van der Waals surface area contributed by atoms with E-state index in [0.717, 1.165) is 0 Å². The van der Waals surface area contributed by atoms with Gasteiger partial charge in [0, 0.05) is 24.4 Å². The summed E-state index contributed by atoms with van der Waals surface area (Å²) in [7, 11) is -0.569. The molecule has 0 atom stereocenters. The summed E-state index contributed by atoms with van der Waals surface area (Å²) in [6, 6.07) is 1.75. The quantitative estimate of drug-likeness (QED) is 0.846. The van der Waals surface area contributed by atoms with E-state index in [1.165, 1.54) is 6.20 Å². The van der Waals surface area contributed by atoms with E-state index in [4.69, 9.17) is 9.31 Å². The molecule has 1 aliphatic rings. The van der Waals surface area contributed by atoms with Crippen molar-refractivity contribution in [2.75, 3.05) is 6.54 Å². The van der Waals surface area contributed by atoms with Gasteiger partial charge in [-0.1, -0.05) is 6.07 Å². The molecule has 0 saturated carbocycles. The molecule has 23 heavy (non-hydrogen) atoms. The summed E-state index contributed by atoms with van der Waals surface area (Å²) in [4.78, 5) is 4.06. The number of nitrogens with zero attached hydrogens (tertiary/aromatic N) is 1. The molecule has 1 aliphatic heterocycles. The van der Waals surface area contributed by atoms with Crippen molar-refractivity contribution in [3.05, 3.63) is 24.0 Å². The molecule has 0 aromatic carbocycles. The fourth-order valence-corrected chi connectivity index (χ4v) is 2.06. The largest absolute Gasteiger partial charge is 0.496 e. The number of hydrogen-bond acceptors (Lipinski definition) is 4. The van der Waals surface area contributed by atoms with E-state index < -0.39 is 31.0 Å². The fraction of sp³-hybridized carbons (Fsp3) is 0.643. The van der Waals surface area contributed by atoms with Crippen molar-refractivity contribution in [3.8, 4) is 0 Å². The standard InChI is InChI=1S/C14H20BF3N2O2.ClH/c1-12(2)13(3,4)22-15(21-12)11-5-10(6-19-8-11)7-20-9-14(16,17)18;/h5-6,8,20H,7,9H2,1-4H3;1H. The molecule has 1 aromatic rings. The fourth-order valence-electron chi connectivity index (χ4n) is 2.06. The molecule has 9 heteroatoms. The van der Waals surface area contributed by atoms with Gasteiger partial charge in [0.15, 0.2) is 0 Å². The van der Waals surface area contributed by atoms with Gasteiger partial charge in [0.05, 0.1) is 17.7 Å². The summed E-state index contributed by atoms with van der Waals surface area (Å²) in [5.74, 6) is 0. The predicted octanol–water partition coefficient (Wildman–Crippen LogP) is 2.45. The van der Waals surface area contributed by atoms with Crippen LogP contribution in [0.2, 0.25) is 0 Å². The molecule has 1 N–H and O–H groups in total. The number of rotatable bonds is 4. The summed E-state index contributed by atoms with van der Waals surface area (Å²) in [5, 5.41) is 2.35. The monoisotopic (exact) mass is 352 g/mol. The first-order valence-corrected chi connectivity index (χ1v) is 7.07. The number of hydrogen-bond donors (Lipinski definition) is 1. The molecule has 130 valence electrons. The number of pyridine rings is 1. The number of aromatic nitrogens is 1. The average Bonchev–Trinajstić information content (AvgIpc) is 2.57. The van der Waals surface area contributed by atoms with Gasteiger partial charge in [-0.05, 0) is 33.3 Å². The lowest BCUT2D eigenvalue weighted by Crippen LogP contribution is -2.41. The third-order valence-electron chi connectivity index (χ3n) is 4.00. The lowest BCUT2D eigenvalue weighted by molar-refractivity contribution is -0.125. The Hall–Kier alpha value is -0.825. The van der Waals surface area contributed by atoms with E-state index in [-0.39, 0.29) is 19.0 Å². The first-order chi connectivity index (χ1) is 10.0. The minimum absolute atomic E-state index is 0. The molecule has 0 spiro atoms. The first-order valence-electron chi connectivity index (χ1n) is 7.07. The molecule has 0 aliphatic carbocycles. The van der Waals surface area contributed by atoms with Gasteiger partial charge in [-0.15, -0.1) is 12.4 Å². The number of nitrogens with one attached hydrogen (secondary N) is 1. The van der Waals surface area contributed by atoms with Crippen LogP contribution in [-0.2, 0) is 15.9 Å². The zero-order valence-electron chi connectivity index (χ0n) is 13.5. The molecule has 0 amide bonds.